The topological polar surface area (TPSA) is 9.23 Å². The summed E-state index contributed by atoms with van der Waals surface area (Å²) in [7, 11) is 1.67. The molecule has 0 radical (unpaired) electrons. The molecule has 0 saturated heterocycles. The number of fused-ring (bicyclic) bond motifs is 1. The average Bonchev–Trinajstić information content (AvgIpc) is 2.54. The molecule has 0 heterocycles. The van der Waals surface area contributed by atoms with Gasteiger partial charge in [-0.25, -0.2) is 0 Å². The van der Waals surface area contributed by atoms with Crippen molar-refractivity contribution >= 4 is 16.3 Å². The first-order valence-corrected chi connectivity index (χ1v) is 6.60. The summed E-state index contributed by atoms with van der Waals surface area (Å²) in [5, 5.41) is 2.48. The van der Waals surface area contributed by atoms with Gasteiger partial charge in [0.25, 0.3) is 0 Å². The predicted octanol–water partition coefficient (Wildman–Crippen LogP) is 4.91. The molecular weight excluding hydrogens is 244 g/mol. The lowest BCUT2D eigenvalue weighted by molar-refractivity contribution is 0.415. The van der Waals surface area contributed by atoms with Crippen LogP contribution in [-0.2, 0) is 0 Å². The first-order valence-electron chi connectivity index (χ1n) is 6.60. The Morgan fingerprint density at radius 1 is 0.800 bits per heavy atom. The molecule has 0 unspecified atom stereocenters. The van der Waals surface area contributed by atoms with Gasteiger partial charge < -0.3 is 4.74 Å². The van der Waals surface area contributed by atoms with Gasteiger partial charge in [0.2, 0.25) is 0 Å². The number of benzene rings is 3. The van der Waals surface area contributed by atoms with Crippen LogP contribution in [0, 0.1) is 0 Å². The van der Waals surface area contributed by atoms with E-state index in [4.69, 9.17) is 4.74 Å². The molecule has 0 aliphatic carbocycles. The molecule has 0 aliphatic heterocycles. The van der Waals surface area contributed by atoms with Gasteiger partial charge in [-0.1, -0.05) is 55.1 Å². The molecule has 0 N–H and O–H groups in total. The van der Waals surface area contributed by atoms with Crippen molar-refractivity contribution < 1.29 is 4.74 Å². The van der Waals surface area contributed by atoms with E-state index < -0.39 is 0 Å². The van der Waals surface area contributed by atoms with Crippen LogP contribution in [0.3, 0.4) is 0 Å². The molecule has 0 spiro atoms. The second-order valence-corrected chi connectivity index (χ2v) is 4.77. The first-order chi connectivity index (χ1) is 9.78. The summed E-state index contributed by atoms with van der Waals surface area (Å²) in [6, 6.07) is 22.8. The normalized spacial score (nSPS) is 10.4. The molecule has 3 aromatic carbocycles. The van der Waals surface area contributed by atoms with Gasteiger partial charge in [0.15, 0.2) is 0 Å². The minimum Gasteiger partial charge on any atom is -0.497 e. The van der Waals surface area contributed by atoms with E-state index in [0.717, 1.165) is 22.4 Å². The SMILES string of the molecule is C=C(c1ccc(OC)cc1)c1ccc2ccccc2c1. The van der Waals surface area contributed by atoms with Crippen LogP contribution >= 0.6 is 0 Å². The summed E-state index contributed by atoms with van der Waals surface area (Å²) >= 11 is 0. The molecule has 0 fully saturated rings. The van der Waals surface area contributed by atoms with E-state index in [1.807, 2.05) is 24.3 Å². The van der Waals surface area contributed by atoms with Gasteiger partial charge in [-0.2, -0.15) is 0 Å². The van der Waals surface area contributed by atoms with E-state index in [1.54, 1.807) is 7.11 Å². The summed E-state index contributed by atoms with van der Waals surface area (Å²) < 4.78 is 5.18. The van der Waals surface area contributed by atoms with Crippen LogP contribution in [0.4, 0.5) is 0 Å². The summed E-state index contributed by atoms with van der Waals surface area (Å²) in [4.78, 5) is 0. The van der Waals surface area contributed by atoms with Crippen molar-refractivity contribution in [2.24, 2.45) is 0 Å². The molecule has 0 amide bonds. The average molecular weight is 260 g/mol. The Morgan fingerprint density at radius 2 is 1.45 bits per heavy atom. The highest BCUT2D eigenvalue weighted by Crippen LogP contribution is 2.26. The third-order valence-electron chi connectivity index (χ3n) is 3.54. The Labute approximate surface area is 119 Å². The number of hydrogen-bond acceptors (Lipinski definition) is 1. The minimum absolute atomic E-state index is 0.861. The van der Waals surface area contributed by atoms with Gasteiger partial charge in [-0.05, 0) is 45.7 Å². The zero-order valence-corrected chi connectivity index (χ0v) is 11.5. The molecule has 0 aliphatic rings. The van der Waals surface area contributed by atoms with Crippen LogP contribution in [0.5, 0.6) is 5.75 Å². The molecule has 0 aromatic heterocycles. The molecule has 98 valence electrons. The van der Waals surface area contributed by atoms with Gasteiger partial charge in [0.05, 0.1) is 7.11 Å². The van der Waals surface area contributed by atoms with Crippen molar-refractivity contribution in [3.05, 3.63) is 84.4 Å². The van der Waals surface area contributed by atoms with E-state index in [2.05, 4.69) is 49.0 Å². The maximum atomic E-state index is 5.18. The van der Waals surface area contributed by atoms with E-state index in [9.17, 15) is 0 Å². The summed E-state index contributed by atoms with van der Waals surface area (Å²) in [5.41, 5.74) is 3.29. The lowest BCUT2D eigenvalue weighted by atomic mass is 9.97. The molecule has 20 heavy (non-hydrogen) atoms. The van der Waals surface area contributed by atoms with Crippen LogP contribution < -0.4 is 4.74 Å². The zero-order valence-electron chi connectivity index (χ0n) is 11.5. The quantitative estimate of drug-likeness (QED) is 0.650. The van der Waals surface area contributed by atoms with Crippen LogP contribution in [0.1, 0.15) is 11.1 Å². The van der Waals surface area contributed by atoms with E-state index >= 15 is 0 Å². The van der Waals surface area contributed by atoms with Crippen molar-refractivity contribution in [2.75, 3.05) is 7.11 Å². The summed E-state index contributed by atoms with van der Waals surface area (Å²) in [6.45, 7) is 4.22. The van der Waals surface area contributed by atoms with Crippen LogP contribution in [0.25, 0.3) is 16.3 Å². The molecular formula is C19H16O. The zero-order chi connectivity index (χ0) is 13.9. The fourth-order valence-electron chi connectivity index (χ4n) is 2.34. The Kier molecular flexibility index (Phi) is 3.26. The molecule has 0 saturated carbocycles. The van der Waals surface area contributed by atoms with Crippen molar-refractivity contribution in [3.63, 3.8) is 0 Å². The van der Waals surface area contributed by atoms with Crippen molar-refractivity contribution in [2.45, 2.75) is 0 Å². The molecule has 0 bridgehead atoms. The largest absolute Gasteiger partial charge is 0.497 e. The molecule has 1 heteroatoms. The third kappa shape index (κ3) is 2.30. The van der Waals surface area contributed by atoms with Gasteiger partial charge in [-0.15, -0.1) is 0 Å². The standard InChI is InChI=1S/C19H16O/c1-14(15-9-11-19(20-2)12-10-15)17-8-7-16-5-3-4-6-18(16)13-17/h3-13H,1H2,2H3. The van der Waals surface area contributed by atoms with Crippen LogP contribution in [-0.4, -0.2) is 7.11 Å². The first kappa shape index (κ1) is 12.5. The predicted molar refractivity (Wildman–Crippen MR) is 85.1 cm³/mol. The molecule has 1 nitrogen and oxygen atoms in total. The van der Waals surface area contributed by atoms with Crippen molar-refractivity contribution in [1.29, 1.82) is 0 Å². The summed E-state index contributed by atoms with van der Waals surface area (Å²) in [5.74, 6) is 0.861. The maximum Gasteiger partial charge on any atom is 0.118 e. The Hall–Kier alpha value is -2.54. The number of ether oxygens (including phenoxy) is 1. The van der Waals surface area contributed by atoms with Crippen molar-refractivity contribution in [1.82, 2.24) is 0 Å². The summed E-state index contributed by atoms with van der Waals surface area (Å²) in [6.07, 6.45) is 0. The van der Waals surface area contributed by atoms with Crippen LogP contribution in [0.2, 0.25) is 0 Å². The van der Waals surface area contributed by atoms with Gasteiger partial charge in [0.1, 0.15) is 5.75 Å². The highest BCUT2D eigenvalue weighted by atomic mass is 16.5. The third-order valence-corrected chi connectivity index (χ3v) is 3.54. The number of rotatable bonds is 3. The minimum atomic E-state index is 0.861. The van der Waals surface area contributed by atoms with Gasteiger partial charge in [0, 0.05) is 0 Å². The van der Waals surface area contributed by atoms with E-state index in [-0.39, 0.29) is 0 Å². The second kappa shape index (κ2) is 5.22. The lowest BCUT2D eigenvalue weighted by Crippen LogP contribution is -1.88. The van der Waals surface area contributed by atoms with Gasteiger partial charge in [-0.3, -0.25) is 0 Å². The van der Waals surface area contributed by atoms with Crippen LogP contribution in [0.15, 0.2) is 73.3 Å². The highest BCUT2D eigenvalue weighted by Gasteiger charge is 2.04. The Bertz CT molecular complexity index is 754. The smallest absolute Gasteiger partial charge is 0.118 e. The van der Waals surface area contributed by atoms with E-state index in [0.29, 0.717) is 0 Å². The number of hydrogen-bond donors (Lipinski definition) is 0. The molecule has 3 aromatic rings. The Balaban J connectivity index is 1.98. The van der Waals surface area contributed by atoms with E-state index in [1.165, 1.54) is 10.8 Å². The molecule has 0 atom stereocenters. The fraction of sp³-hybridized carbons (Fsp3) is 0.0526. The Morgan fingerprint density at radius 3 is 2.15 bits per heavy atom. The number of methoxy groups -OCH3 is 1. The molecule has 3 rings (SSSR count). The fourth-order valence-corrected chi connectivity index (χ4v) is 2.34. The highest BCUT2D eigenvalue weighted by molar-refractivity contribution is 5.88. The second-order valence-electron chi connectivity index (χ2n) is 4.77. The van der Waals surface area contributed by atoms with Gasteiger partial charge >= 0.3 is 0 Å². The van der Waals surface area contributed by atoms with Crippen molar-refractivity contribution in [3.8, 4) is 5.75 Å². The monoisotopic (exact) mass is 260 g/mol. The maximum absolute atomic E-state index is 5.18. The lowest BCUT2D eigenvalue weighted by Gasteiger charge is -2.09.